The van der Waals surface area contributed by atoms with Crippen molar-refractivity contribution in [3.8, 4) is 5.75 Å². The van der Waals surface area contributed by atoms with Gasteiger partial charge in [0.15, 0.2) is 0 Å². The molecule has 2 saturated heterocycles. The van der Waals surface area contributed by atoms with Gasteiger partial charge in [0.2, 0.25) is 15.9 Å². The van der Waals surface area contributed by atoms with E-state index >= 15 is 0 Å². The molecule has 2 aliphatic heterocycles. The molecule has 9 heteroatoms. The van der Waals surface area contributed by atoms with E-state index in [4.69, 9.17) is 4.74 Å². The number of nitrogens with one attached hydrogen (secondary N) is 1. The van der Waals surface area contributed by atoms with Crippen LogP contribution in [0.3, 0.4) is 0 Å². The number of carbonyl (C=O) groups excluding carboxylic acids is 1. The van der Waals surface area contributed by atoms with Crippen molar-refractivity contribution in [1.82, 2.24) is 14.5 Å². The number of rotatable bonds is 4. The van der Waals surface area contributed by atoms with E-state index in [1.165, 1.54) is 4.31 Å². The summed E-state index contributed by atoms with van der Waals surface area (Å²) in [5.74, 6) is 0.728. The van der Waals surface area contributed by atoms with Crippen molar-refractivity contribution in [2.75, 3.05) is 46.4 Å². The third kappa shape index (κ3) is 5.13. The number of halogens is 1. The first-order chi connectivity index (χ1) is 12.5. The van der Waals surface area contributed by atoms with Gasteiger partial charge in [-0.25, -0.2) is 8.42 Å². The molecule has 0 unspecified atom stereocenters. The predicted molar refractivity (Wildman–Crippen MR) is 106 cm³/mol. The second-order valence-electron chi connectivity index (χ2n) is 6.78. The van der Waals surface area contributed by atoms with Gasteiger partial charge in [0.1, 0.15) is 5.75 Å². The van der Waals surface area contributed by atoms with E-state index in [9.17, 15) is 13.2 Å². The van der Waals surface area contributed by atoms with E-state index in [-0.39, 0.29) is 29.1 Å². The van der Waals surface area contributed by atoms with Crippen molar-refractivity contribution in [2.24, 2.45) is 5.92 Å². The van der Waals surface area contributed by atoms with Crippen LogP contribution in [-0.4, -0.2) is 69.9 Å². The summed E-state index contributed by atoms with van der Waals surface area (Å²) >= 11 is 0. The number of carbonyl (C=O) groups is 1. The van der Waals surface area contributed by atoms with Crippen molar-refractivity contribution in [3.05, 3.63) is 24.3 Å². The molecule has 27 heavy (non-hydrogen) atoms. The SMILES string of the molecule is COc1ccc(S(=O)(=O)N2CCC(C(=O)N3CCCNCC3)CC2)cc1.Cl. The lowest BCUT2D eigenvalue weighted by molar-refractivity contribution is -0.136. The van der Waals surface area contributed by atoms with Gasteiger partial charge in [-0.3, -0.25) is 4.79 Å². The van der Waals surface area contributed by atoms with Crippen LogP contribution in [0, 0.1) is 5.92 Å². The third-order valence-electron chi connectivity index (χ3n) is 5.15. The first kappa shape index (κ1) is 21.9. The number of sulfonamides is 1. The Morgan fingerprint density at radius 3 is 2.37 bits per heavy atom. The van der Waals surface area contributed by atoms with Gasteiger partial charge in [-0.05, 0) is 50.1 Å². The summed E-state index contributed by atoms with van der Waals surface area (Å²) in [6.45, 7) is 4.08. The molecule has 2 fully saturated rings. The minimum atomic E-state index is -3.52. The minimum Gasteiger partial charge on any atom is -0.497 e. The molecule has 1 amide bonds. The number of nitrogens with zero attached hydrogens (tertiary/aromatic N) is 2. The molecule has 2 heterocycles. The van der Waals surface area contributed by atoms with E-state index in [1.807, 2.05) is 4.90 Å². The smallest absolute Gasteiger partial charge is 0.243 e. The largest absolute Gasteiger partial charge is 0.497 e. The zero-order chi connectivity index (χ0) is 18.6. The fourth-order valence-electron chi connectivity index (χ4n) is 3.56. The first-order valence-corrected chi connectivity index (χ1v) is 10.6. The highest BCUT2D eigenvalue weighted by molar-refractivity contribution is 7.89. The van der Waals surface area contributed by atoms with Gasteiger partial charge in [-0.2, -0.15) is 4.31 Å². The highest BCUT2D eigenvalue weighted by atomic mass is 35.5. The number of benzene rings is 1. The van der Waals surface area contributed by atoms with Crippen LogP contribution in [0.15, 0.2) is 29.2 Å². The Morgan fingerprint density at radius 1 is 1.07 bits per heavy atom. The van der Waals surface area contributed by atoms with Gasteiger partial charge in [0.05, 0.1) is 12.0 Å². The molecule has 152 valence electrons. The predicted octanol–water partition coefficient (Wildman–Crippen LogP) is 1.34. The summed E-state index contributed by atoms with van der Waals surface area (Å²) in [4.78, 5) is 14.9. The maximum Gasteiger partial charge on any atom is 0.243 e. The molecule has 3 rings (SSSR count). The maximum absolute atomic E-state index is 12.8. The van der Waals surface area contributed by atoms with Gasteiger partial charge in [-0.1, -0.05) is 0 Å². The van der Waals surface area contributed by atoms with Crippen molar-refractivity contribution in [1.29, 1.82) is 0 Å². The van der Waals surface area contributed by atoms with Crippen LogP contribution in [0.1, 0.15) is 19.3 Å². The van der Waals surface area contributed by atoms with Crippen LogP contribution >= 0.6 is 12.4 Å². The number of hydrogen-bond acceptors (Lipinski definition) is 5. The van der Waals surface area contributed by atoms with Crippen LogP contribution in [-0.2, 0) is 14.8 Å². The molecule has 7 nitrogen and oxygen atoms in total. The number of ether oxygens (including phenoxy) is 1. The van der Waals surface area contributed by atoms with Gasteiger partial charge in [-0.15, -0.1) is 12.4 Å². The Kier molecular flexibility index (Phi) is 7.91. The van der Waals surface area contributed by atoms with Gasteiger partial charge < -0.3 is 15.0 Å². The summed E-state index contributed by atoms with van der Waals surface area (Å²) in [7, 11) is -1.98. The van der Waals surface area contributed by atoms with Crippen molar-refractivity contribution >= 4 is 28.3 Å². The fourth-order valence-corrected chi connectivity index (χ4v) is 5.03. The molecule has 0 aliphatic carbocycles. The Hall–Kier alpha value is -1.35. The second kappa shape index (κ2) is 9.73. The van der Waals surface area contributed by atoms with E-state index in [1.54, 1.807) is 31.4 Å². The zero-order valence-corrected chi connectivity index (χ0v) is 17.2. The Balaban J connectivity index is 0.00000261. The van der Waals surface area contributed by atoms with Crippen LogP contribution in [0.2, 0.25) is 0 Å². The average Bonchev–Trinajstić information content (AvgIpc) is 2.97. The average molecular weight is 418 g/mol. The van der Waals surface area contributed by atoms with Gasteiger partial charge in [0.25, 0.3) is 0 Å². The molecule has 0 saturated carbocycles. The highest BCUT2D eigenvalue weighted by Crippen LogP contribution is 2.26. The zero-order valence-electron chi connectivity index (χ0n) is 15.6. The second-order valence-corrected chi connectivity index (χ2v) is 8.72. The van der Waals surface area contributed by atoms with Crippen molar-refractivity contribution < 1.29 is 17.9 Å². The third-order valence-corrected chi connectivity index (χ3v) is 7.07. The fraction of sp³-hybridized carbons (Fsp3) is 0.611. The van der Waals surface area contributed by atoms with Gasteiger partial charge in [0, 0.05) is 38.6 Å². The number of amides is 1. The summed E-state index contributed by atoms with van der Waals surface area (Å²) in [6.07, 6.45) is 2.13. The lowest BCUT2D eigenvalue weighted by atomic mass is 9.96. The molecule has 0 atom stereocenters. The quantitative estimate of drug-likeness (QED) is 0.799. The van der Waals surface area contributed by atoms with E-state index < -0.39 is 10.0 Å². The first-order valence-electron chi connectivity index (χ1n) is 9.16. The Bertz CT molecular complexity index is 711. The molecule has 0 radical (unpaired) electrons. The van der Waals surface area contributed by atoms with Crippen LogP contribution in [0.25, 0.3) is 0 Å². The van der Waals surface area contributed by atoms with E-state index in [0.717, 1.165) is 32.6 Å². The van der Waals surface area contributed by atoms with Crippen LogP contribution in [0.4, 0.5) is 0 Å². The number of hydrogen-bond donors (Lipinski definition) is 1. The lowest BCUT2D eigenvalue weighted by Gasteiger charge is -2.33. The molecular weight excluding hydrogens is 390 g/mol. The number of methoxy groups -OCH3 is 1. The minimum absolute atomic E-state index is 0. The molecule has 0 spiro atoms. The topological polar surface area (TPSA) is 79.0 Å². The van der Waals surface area contributed by atoms with E-state index in [0.29, 0.717) is 31.7 Å². The molecule has 0 aromatic heterocycles. The van der Waals surface area contributed by atoms with Crippen LogP contribution < -0.4 is 10.1 Å². The monoisotopic (exact) mass is 417 g/mol. The van der Waals surface area contributed by atoms with Gasteiger partial charge >= 0.3 is 0 Å². The highest BCUT2D eigenvalue weighted by Gasteiger charge is 2.33. The molecule has 0 bridgehead atoms. The van der Waals surface area contributed by atoms with Crippen molar-refractivity contribution in [3.63, 3.8) is 0 Å². The summed E-state index contributed by atoms with van der Waals surface area (Å²) in [5.41, 5.74) is 0. The standard InChI is InChI=1S/C18H27N3O4S.ClH/c1-25-16-3-5-17(6-4-16)26(23,24)21-12-7-15(8-13-21)18(22)20-11-2-9-19-10-14-20;/h3-6,15,19H,2,7-14H2,1H3;1H. The molecule has 1 aromatic carbocycles. The molecule has 1 aromatic rings. The molecular formula is C18H28ClN3O4S. The van der Waals surface area contributed by atoms with Crippen LogP contribution in [0.5, 0.6) is 5.75 Å². The maximum atomic E-state index is 12.8. The summed E-state index contributed by atoms with van der Waals surface area (Å²) in [6, 6.07) is 6.43. The molecule has 1 N–H and O–H groups in total. The Morgan fingerprint density at radius 2 is 1.74 bits per heavy atom. The normalized spacial score (nSPS) is 19.8. The lowest BCUT2D eigenvalue weighted by Crippen LogP contribution is -2.45. The summed E-state index contributed by atoms with van der Waals surface area (Å²) < 4.78 is 32.2. The molecule has 2 aliphatic rings. The number of piperidine rings is 1. The van der Waals surface area contributed by atoms with E-state index in [2.05, 4.69) is 5.32 Å². The summed E-state index contributed by atoms with van der Waals surface area (Å²) in [5, 5.41) is 3.30. The Labute approximate surface area is 167 Å². The van der Waals surface area contributed by atoms with Crippen molar-refractivity contribution in [2.45, 2.75) is 24.2 Å².